The molecule has 0 radical (unpaired) electrons. The van der Waals surface area contributed by atoms with Gasteiger partial charge in [-0.25, -0.2) is 4.79 Å². The van der Waals surface area contributed by atoms with Gasteiger partial charge in [-0.05, 0) is 48.9 Å². The minimum absolute atomic E-state index is 0.0305. The minimum atomic E-state index is -0.266. The number of rotatable bonds is 6. The molecule has 1 atom stereocenters. The van der Waals surface area contributed by atoms with E-state index in [1.165, 1.54) is 0 Å². The van der Waals surface area contributed by atoms with Gasteiger partial charge in [-0.1, -0.05) is 36.4 Å². The van der Waals surface area contributed by atoms with E-state index >= 15 is 0 Å². The first kappa shape index (κ1) is 18.5. The van der Waals surface area contributed by atoms with Crippen molar-refractivity contribution in [1.29, 1.82) is 0 Å². The number of aliphatic hydroxyl groups is 1. The van der Waals surface area contributed by atoms with Crippen LogP contribution >= 0.6 is 0 Å². The normalized spacial score (nSPS) is 22.3. The molecule has 1 saturated carbocycles. The highest BCUT2D eigenvalue weighted by molar-refractivity contribution is 5.98. The molecule has 2 aromatic rings. The molecule has 3 amide bonds. The molecule has 3 N–H and O–H groups in total. The van der Waals surface area contributed by atoms with Crippen LogP contribution in [-0.2, 0) is 6.42 Å². The fourth-order valence-electron chi connectivity index (χ4n) is 3.95. The van der Waals surface area contributed by atoms with Crippen LogP contribution in [0.1, 0.15) is 28.8 Å². The highest BCUT2D eigenvalue weighted by Gasteiger charge is 2.35. The number of aliphatic hydroxyl groups excluding tert-OH is 1. The summed E-state index contributed by atoms with van der Waals surface area (Å²) in [7, 11) is 0. The van der Waals surface area contributed by atoms with Gasteiger partial charge in [0.2, 0.25) is 0 Å². The first-order valence-corrected chi connectivity index (χ1v) is 9.78. The lowest BCUT2D eigenvalue weighted by atomic mass is 9.75. The second kappa shape index (κ2) is 8.02. The number of carbonyl (C=O) groups is 2. The van der Waals surface area contributed by atoms with Crippen LogP contribution in [0.5, 0.6) is 0 Å². The number of amides is 3. The molecule has 0 unspecified atom stereocenters. The average molecular weight is 379 g/mol. The largest absolute Gasteiger partial charge is 0.393 e. The van der Waals surface area contributed by atoms with E-state index in [-0.39, 0.29) is 30.0 Å². The van der Waals surface area contributed by atoms with E-state index < -0.39 is 0 Å². The fourth-order valence-corrected chi connectivity index (χ4v) is 3.95. The van der Waals surface area contributed by atoms with Crippen LogP contribution in [0.3, 0.4) is 0 Å². The molecular formula is C22H25N3O3. The molecule has 0 aromatic heterocycles. The van der Waals surface area contributed by atoms with Crippen molar-refractivity contribution in [3.63, 3.8) is 0 Å². The fraction of sp³-hybridized carbons (Fsp3) is 0.364. The number of benzene rings is 2. The Kier molecular flexibility index (Phi) is 5.30. The molecule has 0 bridgehead atoms. The number of nitrogens with one attached hydrogen (secondary N) is 2. The van der Waals surface area contributed by atoms with Gasteiger partial charge in [0.25, 0.3) is 5.91 Å². The summed E-state index contributed by atoms with van der Waals surface area (Å²) in [4.78, 5) is 26.5. The lowest BCUT2D eigenvalue weighted by Crippen LogP contribution is -2.48. The van der Waals surface area contributed by atoms with Gasteiger partial charge in [-0.15, -0.1) is 0 Å². The molecular weight excluding hydrogens is 354 g/mol. The van der Waals surface area contributed by atoms with E-state index in [0.717, 1.165) is 17.7 Å². The summed E-state index contributed by atoms with van der Waals surface area (Å²) in [5, 5.41) is 15.6. The molecule has 28 heavy (non-hydrogen) atoms. The van der Waals surface area contributed by atoms with Gasteiger partial charge in [0.1, 0.15) is 0 Å². The Balaban J connectivity index is 1.48. The molecule has 6 heteroatoms. The molecule has 4 rings (SSSR count). The van der Waals surface area contributed by atoms with Gasteiger partial charge >= 0.3 is 6.03 Å². The van der Waals surface area contributed by atoms with Gasteiger partial charge in [-0.3, -0.25) is 9.69 Å². The lowest BCUT2D eigenvalue weighted by Gasteiger charge is -2.38. The van der Waals surface area contributed by atoms with Crippen LogP contribution in [0.25, 0.3) is 0 Å². The third-order valence-electron chi connectivity index (χ3n) is 5.61. The molecule has 2 aliphatic rings. The molecule has 1 aliphatic carbocycles. The second-order valence-corrected chi connectivity index (χ2v) is 7.59. The van der Waals surface area contributed by atoms with Crippen molar-refractivity contribution in [2.45, 2.75) is 31.4 Å². The van der Waals surface area contributed by atoms with Crippen molar-refractivity contribution in [2.24, 2.45) is 5.92 Å². The Morgan fingerprint density at radius 1 is 1.18 bits per heavy atom. The number of carbonyl (C=O) groups excluding carboxylic acids is 2. The molecule has 6 nitrogen and oxygen atoms in total. The maximum absolute atomic E-state index is 12.9. The number of hydrogen-bond acceptors (Lipinski definition) is 3. The number of nitrogens with zero attached hydrogens (tertiary/aromatic N) is 1. The van der Waals surface area contributed by atoms with Gasteiger partial charge in [0, 0.05) is 30.4 Å². The average Bonchev–Trinajstić information content (AvgIpc) is 3.12. The minimum Gasteiger partial charge on any atom is -0.393 e. The number of hydrogen-bond donors (Lipinski definition) is 3. The van der Waals surface area contributed by atoms with E-state index in [1.54, 1.807) is 23.1 Å². The van der Waals surface area contributed by atoms with Crippen molar-refractivity contribution in [2.75, 3.05) is 18.0 Å². The van der Waals surface area contributed by atoms with E-state index in [2.05, 4.69) is 22.8 Å². The Morgan fingerprint density at radius 3 is 2.64 bits per heavy atom. The topological polar surface area (TPSA) is 81.7 Å². The van der Waals surface area contributed by atoms with Crippen molar-refractivity contribution in [1.82, 2.24) is 10.6 Å². The van der Waals surface area contributed by atoms with Crippen molar-refractivity contribution in [3.05, 3.63) is 65.7 Å². The predicted octanol–water partition coefficient (Wildman–Crippen LogP) is 2.33. The van der Waals surface area contributed by atoms with Crippen LogP contribution in [-0.4, -0.2) is 42.3 Å². The SMILES string of the molecule is O=C(N[C@@H](Cc1ccccc1)C1CC(O)C1)c1cccc(N2CCNC2=O)c1. The maximum atomic E-state index is 12.9. The zero-order chi connectivity index (χ0) is 19.5. The lowest BCUT2D eigenvalue weighted by molar-refractivity contribution is 0.0239. The Hall–Kier alpha value is -2.86. The summed E-state index contributed by atoms with van der Waals surface area (Å²) in [6.45, 7) is 1.21. The molecule has 1 aliphatic heterocycles. The predicted molar refractivity (Wildman–Crippen MR) is 107 cm³/mol. The first-order valence-electron chi connectivity index (χ1n) is 9.78. The zero-order valence-corrected chi connectivity index (χ0v) is 15.7. The van der Waals surface area contributed by atoms with Crippen molar-refractivity contribution in [3.8, 4) is 0 Å². The van der Waals surface area contributed by atoms with Crippen LogP contribution in [0.4, 0.5) is 10.5 Å². The summed E-state index contributed by atoms with van der Waals surface area (Å²) in [6, 6.07) is 17.1. The van der Waals surface area contributed by atoms with Gasteiger partial charge in [-0.2, -0.15) is 0 Å². The molecule has 0 spiro atoms. The Labute approximate surface area is 164 Å². The second-order valence-electron chi connectivity index (χ2n) is 7.59. The van der Waals surface area contributed by atoms with Crippen LogP contribution in [0.2, 0.25) is 0 Å². The summed E-state index contributed by atoms with van der Waals surface area (Å²) in [5.41, 5.74) is 2.42. The summed E-state index contributed by atoms with van der Waals surface area (Å²) in [6.07, 6.45) is 1.90. The van der Waals surface area contributed by atoms with Crippen molar-refractivity contribution < 1.29 is 14.7 Å². The van der Waals surface area contributed by atoms with Gasteiger partial charge in [0.05, 0.1) is 6.10 Å². The van der Waals surface area contributed by atoms with Crippen LogP contribution < -0.4 is 15.5 Å². The van der Waals surface area contributed by atoms with Gasteiger partial charge in [0.15, 0.2) is 0 Å². The van der Waals surface area contributed by atoms with Gasteiger partial charge < -0.3 is 15.7 Å². The van der Waals surface area contributed by atoms with E-state index in [1.807, 2.05) is 24.3 Å². The monoisotopic (exact) mass is 379 g/mol. The molecule has 1 saturated heterocycles. The third kappa shape index (κ3) is 4.02. The number of urea groups is 1. The standard InChI is InChI=1S/C22H25N3O3/c26-19-13-17(14-19)20(11-15-5-2-1-3-6-15)24-21(27)16-7-4-8-18(12-16)25-10-9-23-22(25)28/h1-8,12,17,19-20,26H,9-11,13-14H2,(H,23,28)(H,24,27)/t17?,19?,20-/m0/s1. The Morgan fingerprint density at radius 2 is 1.96 bits per heavy atom. The van der Waals surface area contributed by atoms with Crippen LogP contribution in [0.15, 0.2) is 54.6 Å². The molecule has 2 aromatic carbocycles. The van der Waals surface area contributed by atoms with E-state index in [9.17, 15) is 14.7 Å². The molecule has 2 fully saturated rings. The van der Waals surface area contributed by atoms with Crippen molar-refractivity contribution >= 4 is 17.6 Å². The molecule has 1 heterocycles. The smallest absolute Gasteiger partial charge is 0.321 e. The summed E-state index contributed by atoms with van der Waals surface area (Å²) >= 11 is 0. The highest BCUT2D eigenvalue weighted by Crippen LogP contribution is 2.32. The molecule has 146 valence electrons. The summed E-state index contributed by atoms with van der Waals surface area (Å²) < 4.78 is 0. The maximum Gasteiger partial charge on any atom is 0.321 e. The summed E-state index contributed by atoms with van der Waals surface area (Å²) in [5.74, 6) is 0.121. The highest BCUT2D eigenvalue weighted by atomic mass is 16.3. The van der Waals surface area contributed by atoms with E-state index in [4.69, 9.17) is 0 Å². The quantitative estimate of drug-likeness (QED) is 0.721. The number of anilines is 1. The zero-order valence-electron chi connectivity index (χ0n) is 15.7. The third-order valence-corrected chi connectivity index (χ3v) is 5.61. The van der Waals surface area contributed by atoms with Crippen LogP contribution in [0, 0.1) is 5.92 Å². The Bertz CT molecular complexity index is 849. The van der Waals surface area contributed by atoms with E-state index in [0.29, 0.717) is 31.5 Å². The first-order chi connectivity index (χ1) is 13.6.